The molecular weight excluding hydrogens is 324 g/mol. The van der Waals surface area contributed by atoms with Gasteiger partial charge in [-0.1, -0.05) is 13.8 Å². The van der Waals surface area contributed by atoms with Crippen LogP contribution in [-0.4, -0.2) is 55.3 Å². The molecule has 0 aromatic carbocycles. The van der Waals surface area contributed by atoms with Gasteiger partial charge in [0.05, 0.1) is 11.6 Å². The van der Waals surface area contributed by atoms with E-state index in [4.69, 9.17) is 0 Å². The number of hydrogen-bond donors (Lipinski definition) is 0. The van der Waals surface area contributed by atoms with Gasteiger partial charge in [0, 0.05) is 50.7 Å². The summed E-state index contributed by atoms with van der Waals surface area (Å²) in [5.41, 5.74) is 0.869. The molecule has 1 fully saturated rings. The van der Waals surface area contributed by atoms with E-state index in [1.807, 2.05) is 13.2 Å². The minimum Gasteiger partial charge on any atom is -0.352 e. The van der Waals surface area contributed by atoms with Crippen molar-refractivity contribution >= 4 is 33.5 Å². The van der Waals surface area contributed by atoms with Crippen LogP contribution in [0.1, 0.15) is 25.6 Å². The Balaban J connectivity index is 1.51. The van der Waals surface area contributed by atoms with E-state index >= 15 is 0 Å². The van der Waals surface area contributed by atoms with Gasteiger partial charge >= 0.3 is 0 Å². The molecule has 1 saturated heterocycles. The van der Waals surface area contributed by atoms with Gasteiger partial charge in [0.1, 0.15) is 18.0 Å². The summed E-state index contributed by atoms with van der Waals surface area (Å²) in [6.45, 7) is 7.88. The van der Waals surface area contributed by atoms with Gasteiger partial charge in [-0.15, -0.1) is 0 Å². The topological polar surface area (TPSA) is 75.9 Å². The predicted octanol–water partition coefficient (Wildman–Crippen LogP) is 1.66. The molecule has 9 heteroatoms. The Kier molecular flexibility index (Phi) is 3.79. The minimum atomic E-state index is 0.371. The second-order valence-electron chi connectivity index (χ2n) is 6.27. The number of nitrogens with zero attached hydrogens (tertiary/aromatic N) is 8. The normalized spacial score (nSPS) is 15.7. The summed E-state index contributed by atoms with van der Waals surface area (Å²) in [5.74, 6) is 2.27. The molecule has 0 bridgehead atoms. The SMILES string of the molecule is CC(C)c1nsc(N2CCN(c3ncnc4c3cnn4C)CC2)n1. The first kappa shape index (κ1) is 15.3. The molecule has 0 amide bonds. The largest absolute Gasteiger partial charge is 0.352 e. The molecule has 0 aliphatic carbocycles. The lowest BCUT2D eigenvalue weighted by molar-refractivity contribution is 0.645. The van der Waals surface area contributed by atoms with E-state index in [-0.39, 0.29) is 0 Å². The average molecular weight is 344 g/mol. The van der Waals surface area contributed by atoms with Crippen molar-refractivity contribution in [2.24, 2.45) is 7.05 Å². The summed E-state index contributed by atoms with van der Waals surface area (Å²) in [7, 11) is 1.90. The highest BCUT2D eigenvalue weighted by Gasteiger charge is 2.23. The smallest absolute Gasteiger partial charge is 0.205 e. The van der Waals surface area contributed by atoms with Crippen LogP contribution in [0, 0.1) is 0 Å². The van der Waals surface area contributed by atoms with Crippen LogP contribution in [0.15, 0.2) is 12.5 Å². The van der Waals surface area contributed by atoms with Crippen LogP contribution in [0.25, 0.3) is 11.0 Å². The van der Waals surface area contributed by atoms with Gasteiger partial charge in [-0.05, 0) is 0 Å². The van der Waals surface area contributed by atoms with Crippen molar-refractivity contribution in [2.45, 2.75) is 19.8 Å². The first-order chi connectivity index (χ1) is 11.6. The summed E-state index contributed by atoms with van der Waals surface area (Å²) in [4.78, 5) is 18.1. The Bertz CT molecular complexity index is 846. The van der Waals surface area contributed by atoms with E-state index < -0.39 is 0 Å². The number of rotatable bonds is 3. The van der Waals surface area contributed by atoms with Gasteiger partial charge in [-0.2, -0.15) is 9.47 Å². The third kappa shape index (κ3) is 2.58. The van der Waals surface area contributed by atoms with Crippen LogP contribution in [0.3, 0.4) is 0 Å². The predicted molar refractivity (Wildman–Crippen MR) is 94.7 cm³/mol. The van der Waals surface area contributed by atoms with Crippen molar-refractivity contribution in [3.05, 3.63) is 18.3 Å². The van der Waals surface area contributed by atoms with Gasteiger partial charge < -0.3 is 9.80 Å². The molecule has 3 aromatic rings. The molecule has 0 unspecified atom stereocenters. The molecule has 24 heavy (non-hydrogen) atoms. The number of anilines is 2. The fourth-order valence-electron chi connectivity index (χ4n) is 2.90. The molecule has 0 saturated carbocycles. The van der Waals surface area contributed by atoms with Crippen molar-refractivity contribution in [3.63, 3.8) is 0 Å². The molecule has 0 N–H and O–H groups in total. The zero-order chi connectivity index (χ0) is 16.7. The van der Waals surface area contributed by atoms with Crippen molar-refractivity contribution < 1.29 is 0 Å². The zero-order valence-corrected chi connectivity index (χ0v) is 14.9. The van der Waals surface area contributed by atoms with E-state index in [2.05, 4.69) is 48.1 Å². The number of fused-ring (bicyclic) bond motifs is 1. The Morgan fingerprint density at radius 1 is 1.08 bits per heavy atom. The van der Waals surface area contributed by atoms with Gasteiger partial charge in [0.25, 0.3) is 0 Å². The second kappa shape index (κ2) is 5.97. The highest BCUT2D eigenvalue weighted by Crippen LogP contribution is 2.26. The molecule has 8 nitrogen and oxygen atoms in total. The number of aryl methyl sites for hydroxylation is 1. The number of hydrogen-bond acceptors (Lipinski definition) is 8. The fourth-order valence-corrected chi connectivity index (χ4v) is 3.76. The van der Waals surface area contributed by atoms with Gasteiger partial charge in [0.15, 0.2) is 5.65 Å². The maximum atomic E-state index is 4.66. The standard InChI is InChI=1S/C15H20N8S/c1-10(2)12-19-15(24-20-12)23-6-4-22(5-7-23)14-11-8-18-21(3)13(11)16-9-17-14/h8-10H,4-7H2,1-3H3. The fraction of sp³-hybridized carbons (Fsp3) is 0.533. The monoisotopic (exact) mass is 344 g/mol. The van der Waals surface area contributed by atoms with Crippen LogP contribution in [0.2, 0.25) is 0 Å². The molecule has 4 heterocycles. The van der Waals surface area contributed by atoms with Crippen LogP contribution >= 0.6 is 11.5 Å². The zero-order valence-electron chi connectivity index (χ0n) is 14.0. The molecule has 3 aromatic heterocycles. The molecule has 126 valence electrons. The minimum absolute atomic E-state index is 0.371. The summed E-state index contributed by atoms with van der Waals surface area (Å²) >= 11 is 1.49. The van der Waals surface area contributed by atoms with E-state index in [1.54, 1.807) is 11.0 Å². The number of piperazine rings is 1. The van der Waals surface area contributed by atoms with Gasteiger partial charge in [-0.3, -0.25) is 4.68 Å². The highest BCUT2D eigenvalue weighted by molar-refractivity contribution is 7.09. The average Bonchev–Trinajstić information content (AvgIpc) is 3.23. The third-order valence-electron chi connectivity index (χ3n) is 4.31. The van der Waals surface area contributed by atoms with Crippen LogP contribution < -0.4 is 9.80 Å². The third-order valence-corrected chi connectivity index (χ3v) is 5.10. The van der Waals surface area contributed by atoms with Crippen molar-refractivity contribution in [1.82, 2.24) is 29.1 Å². The Labute approximate surface area is 144 Å². The van der Waals surface area contributed by atoms with E-state index in [0.29, 0.717) is 5.92 Å². The Morgan fingerprint density at radius 2 is 1.83 bits per heavy atom. The van der Waals surface area contributed by atoms with Crippen molar-refractivity contribution in [1.29, 1.82) is 0 Å². The summed E-state index contributed by atoms with van der Waals surface area (Å²) < 4.78 is 6.24. The lowest BCUT2D eigenvalue weighted by Crippen LogP contribution is -2.46. The highest BCUT2D eigenvalue weighted by atomic mass is 32.1. The summed E-state index contributed by atoms with van der Waals surface area (Å²) in [6, 6.07) is 0. The molecule has 0 spiro atoms. The van der Waals surface area contributed by atoms with Crippen LogP contribution in [-0.2, 0) is 7.05 Å². The maximum Gasteiger partial charge on any atom is 0.205 e. The van der Waals surface area contributed by atoms with Gasteiger partial charge in [0.2, 0.25) is 5.13 Å². The van der Waals surface area contributed by atoms with Crippen LogP contribution in [0.5, 0.6) is 0 Å². The van der Waals surface area contributed by atoms with Gasteiger partial charge in [-0.25, -0.2) is 15.0 Å². The molecule has 0 radical (unpaired) electrons. The van der Waals surface area contributed by atoms with E-state index in [0.717, 1.165) is 54.0 Å². The molecule has 1 aliphatic rings. The molecule has 4 rings (SSSR count). The van der Waals surface area contributed by atoms with Crippen LogP contribution in [0.4, 0.5) is 10.9 Å². The summed E-state index contributed by atoms with van der Waals surface area (Å²) in [5, 5.41) is 6.32. The van der Waals surface area contributed by atoms with Crippen molar-refractivity contribution in [3.8, 4) is 0 Å². The lowest BCUT2D eigenvalue weighted by Gasteiger charge is -2.35. The Hall–Kier alpha value is -2.29. The van der Waals surface area contributed by atoms with E-state index in [9.17, 15) is 0 Å². The van der Waals surface area contributed by atoms with E-state index in [1.165, 1.54) is 11.5 Å². The van der Waals surface area contributed by atoms with Crippen molar-refractivity contribution in [2.75, 3.05) is 36.0 Å². The Morgan fingerprint density at radius 3 is 2.54 bits per heavy atom. The first-order valence-corrected chi connectivity index (χ1v) is 8.87. The molecule has 1 aliphatic heterocycles. The molecule has 0 atom stereocenters. The second-order valence-corrected chi connectivity index (χ2v) is 7.00. The lowest BCUT2D eigenvalue weighted by atomic mass is 10.2. The first-order valence-electron chi connectivity index (χ1n) is 8.09. The summed E-state index contributed by atoms with van der Waals surface area (Å²) in [6.07, 6.45) is 3.46. The number of aromatic nitrogens is 6. The molecular formula is C15H20N8S. The maximum absolute atomic E-state index is 4.66. The quantitative estimate of drug-likeness (QED) is 0.715.